The number of anilines is 1. The van der Waals surface area contributed by atoms with Gasteiger partial charge in [0, 0.05) is 31.1 Å². The van der Waals surface area contributed by atoms with Crippen LogP contribution in [0.15, 0.2) is 23.1 Å². The van der Waals surface area contributed by atoms with Crippen molar-refractivity contribution in [3.63, 3.8) is 0 Å². The molecule has 1 aromatic carbocycles. The van der Waals surface area contributed by atoms with Crippen LogP contribution in [0.4, 0.5) is 11.4 Å². The van der Waals surface area contributed by atoms with Crippen LogP contribution in [0.5, 0.6) is 0 Å². The van der Waals surface area contributed by atoms with Crippen molar-refractivity contribution in [1.82, 2.24) is 4.90 Å². The molecule has 0 bridgehead atoms. The Hall–Kier alpha value is -2.20. The molecule has 0 aromatic heterocycles. The van der Waals surface area contributed by atoms with Crippen molar-refractivity contribution in [2.45, 2.75) is 68.3 Å². The van der Waals surface area contributed by atoms with Gasteiger partial charge in [-0.25, -0.2) is 13.6 Å². The van der Waals surface area contributed by atoms with E-state index in [1.54, 1.807) is 0 Å². The van der Waals surface area contributed by atoms with Crippen LogP contribution in [-0.2, 0) is 14.8 Å². The number of nitrogens with zero attached hydrogens (tertiary/aromatic N) is 2. The lowest BCUT2D eigenvalue weighted by Crippen LogP contribution is -2.43. The van der Waals surface area contributed by atoms with Crippen molar-refractivity contribution in [3.05, 3.63) is 28.3 Å². The van der Waals surface area contributed by atoms with Crippen molar-refractivity contribution in [2.24, 2.45) is 5.14 Å². The molecule has 2 fully saturated rings. The quantitative estimate of drug-likeness (QED) is 0.499. The predicted molar refractivity (Wildman–Crippen MR) is 104 cm³/mol. The van der Waals surface area contributed by atoms with Crippen LogP contribution in [0.3, 0.4) is 0 Å². The van der Waals surface area contributed by atoms with Gasteiger partial charge in [0.1, 0.15) is 5.69 Å². The molecule has 9 nitrogen and oxygen atoms in total. The molecular weight excluding hydrogens is 384 g/mol. The molecular formula is C18H26N4O5S. The minimum atomic E-state index is -4.03. The first-order valence-electron chi connectivity index (χ1n) is 9.63. The fourth-order valence-electron chi connectivity index (χ4n) is 3.84. The van der Waals surface area contributed by atoms with E-state index in [9.17, 15) is 23.3 Å². The lowest BCUT2D eigenvalue weighted by atomic mass is 9.94. The Bertz CT molecular complexity index is 848. The zero-order valence-corrected chi connectivity index (χ0v) is 16.5. The van der Waals surface area contributed by atoms with Gasteiger partial charge in [0.25, 0.3) is 5.69 Å². The highest BCUT2D eigenvalue weighted by Gasteiger charge is 2.37. The van der Waals surface area contributed by atoms with Gasteiger partial charge in [-0.1, -0.05) is 19.3 Å². The van der Waals surface area contributed by atoms with Gasteiger partial charge in [-0.15, -0.1) is 0 Å². The third-order valence-electron chi connectivity index (χ3n) is 5.35. The summed E-state index contributed by atoms with van der Waals surface area (Å²) >= 11 is 0. The molecule has 0 unspecified atom stereocenters. The van der Waals surface area contributed by atoms with E-state index in [2.05, 4.69) is 5.32 Å². The van der Waals surface area contributed by atoms with Crippen LogP contribution in [0.1, 0.15) is 51.4 Å². The first-order chi connectivity index (χ1) is 13.3. The van der Waals surface area contributed by atoms with E-state index in [0.29, 0.717) is 12.1 Å². The Morgan fingerprint density at radius 3 is 2.39 bits per heavy atom. The second kappa shape index (κ2) is 8.44. The Morgan fingerprint density at radius 1 is 1.18 bits per heavy atom. The highest BCUT2D eigenvalue weighted by atomic mass is 32.2. The Kier molecular flexibility index (Phi) is 6.19. The Labute approximate surface area is 164 Å². The van der Waals surface area contributed by atoms with Crippen LogP contribution in [0.25, 0.3) is 0 Å². The summed E-state index contributed by atoms with van der Waals surface area (Å²) in [5.41, 5.74) is -0.217. The number of rotatable bonds is 8. The minimum absolute atomic E-state index is 0.0747. The molecule has 0 spiro atoms. The summed E-state index contributed by atoms with van der Waals surface area (Å²) in [6.07, 6.45) is 7.98. The fraction of sp³-hybridized carbons (Fsp3) is 0.611. The van der Waals surface area contributed by atoms with Crippen molar-refractivity contribution in [2.75, 3.05) is 11.9 Å². The summed E-state index contributed by atoms with van der Waals surface area (Å²) in [6, 6.07) is 4.11. The number of carbonyl (C=O) groups excluding carboxylic acids is 1. The van der Waals surface area contributed by atoms with Crippen LogP contribution < -0.4 is 10.5 Å². The molecule has 28 heavy (non-hydrogen) atoms. The van der Waals surface area contributed by atoms with Crippen molar-refractivity contribution < 1.29 is 18.1 Å². The van der Waals surface area contributed by atoms with Gasteiger partial charge < -0.3 is 10.2 Å². The summed E-state index contributed by atoms with van der Waals surface area (Å²) in [4.78, 5) is 25.1. The molecule has 2 aliphatic carbocycles. The molecule has 1 aromatic rings. The summed E-state index contributed by atoms with van der Waals surface area (Å²) in [7, 11) is -4.03. The normalized spacial score (nSPS) is 17.9. The zero-order chi connectivity index (χ0) is 20.3. The molecule has 0 atom stereocenters. The predicted octanol–water partition coefficient (Wildman–Crippen LogP) is 2.37. The van der Waals surface area contributed by atoms with E-state index in [0.717, 1.165) is 44.6 Å². The Balaban J connectivity index is 1.63. The second-order valence-electron chi connectivity index (χ2n) is 7.48. The second-order valence-corrected chi connectivity index (χ2v) is 9.04. The van der Waals surface area contributed by atoms with Gasteiger partial charge >= 0.3 is 0 Å². The number of nitro groups is 1. The molecule has 0 aliphatic heterocycles. The summed E-state index contributed by atoms with van der Waals surface area (Å²) in [6.45, 7) is 0.240. The minimum Gasteiger partial charge on any atom is -0.379 e. The number of primary sulfonamides is 1. The molecule has 2 aliphatic rings. The maximum absolute atomic E-state index is 12.8. The topological polar surface area (TPSA) is 136 Å². The lowest BCUT2D eigenvalue weighted by Gasteiger charge is -2.34. The van der Waals surface area contributed by atoms with E-state index in [1.165, 1.54) is 18.6 Å². The molecule has 3 rings (SSSR count). The average Bonchev–Trinajstić information content (AvgIpc) is 3.47. The lowest BCUT2D eigenvalue weighted by molar-refractivity contribution is -0.384. The highest BCUT2D eigenvalue weighted by Crippen LogP contribution is 2.34. The fourth-order valence-corrected chi connectivity index (χ4v) is 4.37. The standard InChI is InChI=1S/C18H26N4O5S/c19-28(26,27)15-8-9-16(17(12-15)22(24)25)20-11-10-18(23)21(14-6-7-14)13-4-2-1-3-5-13/h8-9,12-14,20H,1-7,10-11H2,(H2,19,26,27). The molecule has 3 N–H and O–H groups in total. The largest absolute Gasteiger partial charge is 0.379 e. The number of hydrogen-bond acceptors (Lipinski definition) is 6. The number of nitrogens with one attached hydrogen (secondary N) is 1. The molecule has 0 heterocycles. The van der Waals surface area contributed by atoms with Gasteiger partial charge in [0.15, 0.2) is 0 Å². The monoisotopic (exact) mass is 410 g/mol. The number of amides is 1. The third kappa shape index (κ3) is 4.99. The first-order valence-corrected chi connectivity index (χ1v) is 11.2. The average molecular weight is 410 g/mol. The number of hydrogen-bond donors (Lipinski definition) is 2. The molecule has 1 amide bonds. The van der Waals surface area contributed by atoms with Gasteiger partial charge in [-0.3, -0.25) is 14.9 Å². The van der Waals surface area contributed by atoms with Crippen LogP contribution >= 0.6 is 0 Å². The van der Waals surface area contributed by atoms with E-state index in [4.69, 9.17) is 5.14 Å². The zero-order valence-electron chi connectivity index (χ0n) is 15.7. The maximum atomic E-state index is 12.8. The van der Waals surface area contributed by atoms with Crippen LogP contribution in [-0.4, -0.2) is 42.8 Å². The smallest absolute Gasteiger partial charge is 0.293 e. The number of nitrogens with two attached hydrogens (primary N) is 1. The van der Waals surface area contributed by atoms with E-state index < -0.39 is 14.9 Å². The van der Waals surface area contributed by atoms with Gasteiger partial charge in [-0.2, -0.15) is 0 Å². The molecule has 0 saturated heterocycles. The van der Waals surface area contributed by atoms with Crippen molar-refractivity contribution in [1.29, 1.82) is 0 Å². The van der Waals surface area contributed by atoms with E-state index >= 15 is 0 Å². The van der Waals surface area contributed by atoms with Crippen molar-refractivity contribution in [3.8, 4) is 0 Å². The molecule has 154 valence electrons. The Morgan fingerprint density at radius 2 is 1.82 bits per heavy atom. The number of benzene rings is 1. The highest BCUT2D eigenvalue weighted by molar-refractivity contribution is 7.89. The number of sulfonamides is 1. The molecule has 2 saturated carbocycles. The summed E-state index contributed by atoms with van der Waals surface area (Å²) < 4.78 is 22.8. The molecule has 10 heteroatoms. The number of carbonyl (C=O) groups is 1. The van der Waals surface area contributed by atoms with Gasteiger partial charge in [-0.05, 0) is 37.8 Å². The van der Waals surface area contributed by atoms with Gasteiger partial charge in [0.2, 0.25) is 15.9 Å². The summed E-state index contributed by atoms with van der Waals surface area (Å²) in [5, 5.41) is 19.2. The third-order valence-corrected chi connectivity index (χ3v) is 6.26. The van der Waals surface area contributed by atoms with Crippen molar-refractivity contribution >= 4 is 27.3 Å². The SMILES string of the molecule is NS(=O)(=O)c1ccc(NCCC(=O)N(C2CCCCC2)C2CC2)c([N+](=O)[O-])c1. The number of nitro benzene ring substituents is 1. The maximum Gasteiger partial charge on any atom is 0.293 e. The molecule has 0 radical (unpaired) electrons. The van der Waals surface area contributed by atoms with Crippen LogP contribution in [0, 0.1) is 10.1 Å². The van der Waals surface area contributed by atoms with E-state index in [1.807, 2.05) is 4.90 Å². The first kappa shape index (κ1) is 20.5. The van der Waals surface area contributed by atoms with Gasteiger partial charge in [0.05, 0.1) is 9.82 Å². The van der Waals surface area contributed by atoms with E-state index in [-0.39, 0.29) is 35.1 Å². The van der Waals surface area contributed by atoms with Crippen LogP contribution in [0.2, 0.25) is 0 Å². The summed E-state index contributed by atoms with van der Waals surface area (Å²) in [5.74, 6) is 0.0747.